The topological polar surface area (TPSA) is 75.1 Å². The molecule has 102 valence electrons. The average Bonchev–Trinajstić information content (AvgIpc) is 2.94. The van der Waals surface area contributed by atoms with Gasteiger partial charge in [0, 0.05) is 12.0 Å². The number of aromatic nitrogens is 3. The van der Waals surface area contributed by atoms with Gasteiger partial charge < -0.3 is 5.32 Å². The number of aromatic amines is 1. The van der Waals surface area contributed by atoms with Crippen LogP contribution in [0.4, 0.5) is 5.69 Å². The maximum atomic E-state index is 12.0. The molecule has 0 aliphatic carbocycles. The van der Waals surface area contributed by atoms with E-state index in [9.17, 15) is 4.79 Å². The van der Waals surface area contributed by atoms with E-state index in [0.29, 0.717) is 10.5 Å². The molecule has 0 unspecified atom stereocenters. The van der Waals surface area contributed by atoms with E-state index < -0.39 is 0 Å². The van der Waals surface area contributed by atoms with Gasteiger partial charge in [-0.05, 0) is 24.7 Å². The number of hydrogen-bond donors (Lipinski definition) is 2. The summed E-state index contributed by atoms with van der Waals surface area (Å²) >= 11 is 5.17. The number of nitrogens with zero attached hydrogens (tertiary/aromatic N) is 3. The molecule has 0 bridgehead atoms. The number of hydrogen-bond acceptors (Lipinski definition) is 4. The van der Waals surface area contributed by atoms with E-state index >= 15 is 0 Å². The number of anilines is 1. The molecule has 20 heavy (non-hydrogen) atoms. The second kappa shape index (κ2) is 5.01. The van der Waals surface area contributed by atoms with Crippen molar-refractivity contribution in [3.63, 3.8) is 0 Å². The largest absolute Gasteiger partial charge is 0.320 e. The summed E-state index contributed by atoms with van der Waals surface area (Å²) in [4.78, 5) is 12.0. The van der Waals surface area contributed by atoms with E-state index in [1.807, 2.05) is 31.2 Å². The van der Waals surface area contributed by atoms with Crippen LogP contribution in [0.25, 0.3) is 0 Å². The Morgan fingerprint density at radius 2 is 2.20 bits per heavy atom. The van der Waals surface area contributed by atoms with E-state index in [0.717, 1.165) is 29.9 Å². The summed E-state index contributed by atoms with van der Waals surface area (Å²) in [6, 6.07) is 7.44. The molecule has 2 aromatic rings. The molecule has 2 N–H and O–H groups in total. The van der Waals surface area contributed by atoms with E-state index in [4.69, 9.17) is 12.2 Å². The number of rotatable bonds is 3. The highest BCUT2D eigenvalue weighted by Gasteiger charge is 2.26. The molecule has 1 aromatic heterocycles. The summed E-state index contributed by atoms with van der Waals surface area (Å²) in [6.07, 6.45) is 1.67. The first-order chi connectivity index (χ1) is 9.70. The van der Waals surface area contributed by atoms with Gasteiger partial charge in [0.2, 0.25) is 4.77 Å². The summed E-state index contributed by atoms with van der Waals surface area (Å²) in [5.41, 5.74) is 1.90. The fourth-order valence-corrected chi connectivity index (χ4v) is 2.31. The zero-order chi connectivity index (χ0) is 14.1. The van der Waals surface area contributed by atoms with Crippen LogP contribution in [-0.2, 0) is 11.2 Å². The lowest BCUT2D eigenvalue weighted by atomic mass is 10.1. The van der Waals surface area contributed by atoms with Crippen molar-refractivity contribution in [3.8, 4) is 0 Å². The molecular formula is C13H13N5OS. The predicted octanol–water partition coefficient (Wildman–Crippen LogP) is 2.10. The minimum absolute atomic E-state index is 0.225. The summed E-state index contributed by atoms with van der Waals surface area (Å²) in [6.45, 7) is 2.05. The Bertz CT molecular complexity index is 758. The molecule has 0 radical (unpaired) electrons. The van der Waals surface area contributed by atoms with Gasteiger partial charge in [0.15, 0.2) is 11.5 Å². The maximum absolute atomic E-state index is 12.0. The predicted molar refractivity (Wildman–Crippen MR) is 78.4 cm³/mol. The molecule has 0 saturated carbocycles. The quantitative estimate of drug-likeness (QED) is 0.849. The van der Waals surface area contributed by atoms with Crippen molar-refractivity contribution in [2.24, 2.45) is 5.10 Å². The lowest BCUT2D eigenvalue weighted by Crippen LogP contribution is -2.16. The van der Waals surface area contributed by atoms with Gasteiger partial charge in [-0.3, -0.25) is 9.89 Å². The Balaban J connectivity index is 2.11. The number of nitrogens with one attached hydrogen (secondary N) is 2. The fourth-order valence-electron chi connectivity index (χ4n) is 2.11. The molecule has 0 spiro atoms. The zero-order valence-electron chi connectivity index (χ0n) is 10.9. The van der Waals surface area contributed by atoms with E-state index in [1.54, 1.807) is 0 Å². The Morgan fingerprint density at radius 1 is 1.40 bits per heavy atom. The van der Waals surface area contributed by atoms with Crippen LogP contribution in [-0.4, -0.2) is 26.5 Å². The van der Waals surface area contributed by atoms with Crippen molar-refractivity contribution in [1.82, 2.24) is 14.9 Å². The number of amides is 1. The third-order valence-corrected chi connectivity index (χ3v) is 3.30. The molecule has 6 nitrogen and oxygen atoms in total. The Kier molecular flexibility index (Phi) is 3.19. The van der Waals surface area contributed by atoms with Gasteiger partial charge in [0.05, 0.1) is 5.69 Å². The van der Waals surface area contributed by atoms with Gasteiger partial charge >= 0.3 is 0 Å². The highest BCUT2D eigenvalue weighted by Crippen LogP contribution is 2.23. The molecule has 1 aliphatic rings. The second-order valence-corrected chi connectivity index (χ2v) is 4.84. The smallest absolute Gasteiger partial charge is 0.276 e. The lowest BCUT2D eigenvalue weighted by Gasteiger charge is -2.00. The summed E-state index contributed by atoms with van der Waals surface area (Å²) in [5.74, 6) is 0.499. The van der Waals surface area contributed by atoms with Crippen molar-refractivity contribution in [2.45, 2.75) is 19.8 Å². The van der Waals surface area contributed by atoms with Gasteiger partial charge in [0.1, 0.15) is 0 Å². The highest BCUT2D eigenvalue weighted by atomic mass is 32.1. The molecule has 3 rings (SSSR count). The number of fused-ring (bicyclic) bond motifs is 1. The zero-order valence-corrected chi connectivity index (χ0v) is 11.7. The summed E-state index contributed by atoms with van der Waals surface area (Å²) < 4.78 is 1.91. The summed E-state index contributed by atoms with van der Waals surface area (Å²) in [5, 5.41) is 14.0. The first kappa shape index (κ1) is 12.7. The molecular weight excluding hydrogens is 274 g/mol. The Hall–Kier alpha value is -2.28. The van der Waals surface area contributed by atoms with Crippen molar-refractivity contribution < 1.29 is 4.79 Å². The van der Waals surface area contributed by atoms with E-state index in [2.05, 4.69) is 20.6 Å². The van der Waals surface area contributed by atoms with Crippen LogP contribution in [0.5, 0.6) is 0 Å². The third-order valence-electron chi connectivity index (χ3n) is 3.04. The van der Waals surface area contributed by atoms with E-state index in [-0.39, 0.29) is 5.91 Å². The van der Waals surface area contributed by atoms with Gasteiger partial charge in [-0.1, -0.05) is 25.1 Å². The van der Waals surface area contributed by atoms with Crippen LogP contribution in [0.15, 0.2) is 29.4 Å². The number of para-hydroxylation sites is 1. The van der Waals surface area contributed by atoms with Crippen LogP contribution in [0.3, 0.4) is 0 Å². The molecule has 0 fully saturated rings. The van der Waals surface area contributed by atoms with Gasteiger partial charge in [-0.25, -0.2) is 0 Å². The summed E-state index contributed by atoms with van der Waals surface area (Å²) in [7, 11) is 0. The highest BCUT2D eigenvalue weighted by molar-refractivity contribution is 7.71. The Labute approximate surface area is 120 Å². The van der Waals surface area contributed by atoms with Crippen molar-refractivity contribution in [3.05, 3.63) is 40.4 Å². The number of benzene rings is 1. The molecule has 1 aliphatic heterocycles. The minimum Gasteiger partial charge on any atom is -0.320 e. The molecule has 1 aromatic carbocycles. The van der Waals surface area contributed by atoms with Gasteiger partial charge in [-0.15, -0.1) is 0 Å². The normalized spacial score (nSPS) is 15.4. The lowest BCUT2D eigenvalue weighted by molar-refractivity contribution is -0.110. The third kappa shape index (κ3) is 2.05. The molecule has 2 heterocycles. The van der Waals surface area contributed by atoms with Crippen LogP contribution in [0.1, 0.15) is 24.7 Å². The molecule has 7 heteroatoms. The van der Waals surface area contributed by atoms with E-state index in [1.165, 1.54) is 4.68 Å². The number of H-pyrrole nitrogens is 1. The SMILES string of the molecule is CCCc1n[nH]c(=S)n1/N=C1\C(=O)Nc2ccccc21. The van der Waals surface area contributed by atoms with Crippen molar-refractivity contribution >= 4 is 29.5 Å². The monoisotopic (exact) mass is 287 g/mol. The van der Waals surface area contributed by atoms with Crippen LogP contribution in [0.2, 0.25) is 0 Å². The van der Waals surface area contributed by atoms with Crippen molar-refractivity contribution in [2.75, 3.05) is 5.32 Å². The van der Waals surface area contributed by atoms with Crippen LogP contribution in [0, 0.1) is 4.77 Å². The Morgan fingerprint density at radius 3 is 3.00 bits per heavy atom. The standard InChI is InChI=1S/C13H13N5OS/c1-2-5-10-15-16-13(20)18(10)17-11-8-6-3-4-7-9(8)14-12(11)19/h3-4,6-7H,2,5H2,1H3,(H,16,20)(H,14,17,19). The first-order valence-electron chi connectivity index (χ1n) is 6.36. The minimum atomic E-state index is -0.225. The van der Waals surface area contributed by atoms with Gasteiger partial charge in [-0.2, -0.15) is 14.9 Å². The maximum Gasteiger partial charge on any atom is 0.276 e. The molecule has 0 atom stereocenters. The fraction of sp³-hybridized carbons (Fsp3) is 0.231. The number of carbonyl (C=O) groups excluding carboxylic acids is 1. The molecule has 0 saturated heterocycles. The molecule has 1 amide bonds. The first-order valence-corrected chi connectivity index (χ1v) is 6.77. The number of carbonyl (C=O) groups is 1. The average molecular weight is 287 g/mol. The van der Waals surface area contributed by atoms with Crippen LogP contribution >= 0.6 is 12.2 Å². The second-order valence-electron chi connectivity index (χ2n) is 4.46. The number of aryl methyl sites for hydroxylation is 1. The van der Waals surface area contributed by atoms with Crippen LogP contribution < -0.4 is 5.32 Å². The van der Waals surface area contributed by atoms with Crippen molar-refractivity contribution in [1.29, 1.82) is 0 Å². The van der Waals surface area contributed by atoms with Gasteiger partial charge in [0.25, 0.3) is 5.91 Å².